The van der Waals surface area contributed by atoms with Gasteiger partial charge in [-0.1, -0.05) is 6.92 Å². The van der Waals surface area contributed by atoms with Crippen molar-refractivity contribution in [1.29, 1.82) is 0 Å². The molecule has 0 aliphatic carbocycles. The van der Waals surface area contributed by atoms with Gasteiger partial charge in [0.25, 0.3) is 0 Å². The number of aromatic hydroxyl groups is 1. The summed E-state index contributed by atoms with van der Waals surface area (Å²) in [6, 6.07) is 6.55. The number of benzene rings is 2. The topological polar surface area (TPSA) is 83.5 Å². The van der Waals surface area contributed by atoms with Gasteiger partial charge in [-0.15, -0.1) is 0 Å². The molecular weight excluding hydrogens is 352 g/mol. The van der Waals surface area contributed by atoms with Crippen molar-refractivity contribution >= 4 is 21.4 Å². The third-order valence-electron chi connectivity index (χ3n) is 3.61. The first-order valence-electron chi connectivity index (χ1n) is 7.52. The number of carbonyl (C=O) groups excluding carboxylic acids is 1. The highest BCUT2D eigenvalue weighted by molar-refractivity contribution is 7.91. The van der Waals surface area contributed by atoms with Gasteiger partial charge in [-0.3, -0.25) is 4.79 Å². The number of nitrogens with one attached hydrogen (secondary N) is 1. The second-order valence-electron chi connectivity index (χ2n) is 5.37. The highest BCUT2D eigenvalue weighted by Crippen LogP contribution is 2.27. The summed E-state index contributed by atoms with van der Waals surface area (Å²) < 4.78 is 50.4. The Labute approximate surface area is 144 Å². The van der Waals surface area contributed by atoms with Gasteiger partial charge in [-0.25, -0.2) is 17.2 Å². The van der Waals surface area contributed by atoms with Gasteiger partial charge in [0.15, 0.2) is 9.84 Å². The van der Waals surface area contributed by atoms with Gasteiger partial charge in [0.05, 0.1) is 16.3 Å². The summed E-state index contributed by atoms with van der Waals surface area (Å²) in [5, 5.41) is 12.2. The van der Waals surface area contributed by atoms with E-state index in [1.54, 1.807) is 0 Å². The Kier molecular flexibility index (Phi) is 5.73. The third kappa shape index (κ3) is 4.76. The van der Waals surface area contributed by atoms with Crippen LogP contribution in [0.5, 0.6) is 5.75 Å². The standard InChI is InChI=1S/C17H17F2NO4S/c1-2-25(23,24)13-5-7-16(21)15(10-13)20-17(22)8-3-11-9-12(18)4-6-14(11)19/h4-7,9-10,21H,2-3,8H2,1H3,(H,20,22). The first-order valence-corrected chi connectivity index (χ1v) is 9.17. The molecule has 0 aliphatic rings. The molecule has 134 valence electrons. The molecule has 0 aliphatic heterocycles. The number of sulfone groups is 1. The molecule has 0 saturated carbocycles. The average Bonchev–Trinajstić information content (AvgIpc) is 2.57. The quantitative estimate of drug-likeness (QED) is 0.767. The summed E-state index contributed by atoms with van der Waals surface area (Å²) in [7, 11) is -3.49. The largest absolute Gasteiger partial charge is 0.506 e. The maximum atomic E-state index is 13.5. The van der Waals surface area contributed by atoms with Crippen molar-refractivity contribution in [3.63, 3.8) is 0 Å². The molecule has 0 spiro atoms. The van der Waals surface area contributed by atoms with E-state index in [4.69, 9.17) is 0 Å². The van der Waals surface area contributed by atoms with Crippen molar-refractivity contribution in [1.82, 2.24) is 0 Å². The molecule has 0 aromatic heterocycles. The lowest BCUT2D eigenvalue weighted by atomic mass is 10.1. The van der Waals surface area contributed by atoms with Crippen LogP contribution in [0.3, 0.4) is 0 Å². The summed E-state index contributed by atoms with van der Waals surface area (Å²) in [6.07, 6.45) is -0.201. The van der Waals surface area contributed by atoms with E-state index < -0.39 is 27.4 Å². The summed E-state index contributed by atoms with van der Waals surface area (Å²) in [4.78, 5) is 11.9. The summed E-state index contributed by atoms with van der Waals surface area (Å²) in [5.41, 5.74) is 0.000854. The average molecular weight is 369 g/mol. The Morgan fingerprint density at radius 1 is 1.16 bits per heavy atom. The molecule has 1 amide bonds. The minimum atomic E-state index is -3.49. The number of amides is 1. The molecule has 2 rings (SSSR count). The fraction of sp³-hybridized carbons (Fsp3) is 0.235. The molecule has 25 heavy (non-hydrogen) atoms. The molecule has 0 saturated heterocycles. The molecule has 2 aromatic rings. The predicted molar refractivity (Wildman–Crippen MR) is 89.1 cm³/mol. The maximum Gasteiger partial charge on any atom is 0.224 e. The summed E-state index contributed by atoms with van der Waals surface area (Å²) in [6.45, 7) is 1.48. The van der Waals surface area contributed by atoms with E-state index in [1.165, 1.54) is 19.1 Å². The van der Waals surface area contributed by atoms with Crippen LogP contribution in [0.25, 0.3) is 0 Å². The molecule has 0 bridgehead atoms. The number of anilines is 1. The first-order chi connectivity index (χ1) is 11.7. The molecule has 5 nitrogen and oxygen atoms in total. The van der Waals surface area contributed by atoms with E-state index in [2.05, 4.69) is 5.32 Å². The Balaban J connectivity index is 2.10. The minimum absolute atomic E-state index is 0.0284. The number of hydrogen-bond acceptors (Lipinski definition) is 4. The van der Waals surface area contributed by atoms with Crippen molar-refractivity contribution in [3.8, 4) is 5.75 Å². The van der Waals surface area contributed by atoms with Gasteiger partial charge < -0.3 is 10.4 Å². The lowest BCUT2D eigenvalue weighted by Gasteiger charge is -2.10. The second kappa shape index (κ2) is 7.60. The normalized spacial score (nSPS) is 11.3. The van der Waals surface area contributed by atoms with Crippen LogP contribution < -0.4 is 5.32 Å². The van der Waals surface area contributed by atoms with E-state index in [-0.39, 0.29) is 40.5 Å². The van der Waals surface area contributed by atoms with E-state index in [0.29, 0.717) is 0 Å². The van der Waals surface area contributed by atoms with Crippen molar-refractivity contribution in [2.24, 2.45) is 0 Å². The number of hydrogen-bond donors (Lipinski definition) is 2. The molecule has 8 heteroatoms. The van der Waals surface area contributed by atoms with Crippen LogP contribution in [0.15, 0.2) is 41.3 Å². The van der Waals surface area contributed by atoms with E-state index >= 15 is 0 Å². The minimum Gasteiger partial charge on any atom is -0.506 e. The number of phenols is 1. The zero-order chi connectivity index (χ0) is 18.6. The second-order valence-corrected chi connectivity index (χ2v) is 7.64. The van der Waals surface area contributed by atoms with Gasteiger partial charge in [0.2, 0.25) is 5.91 Å². The number of halogens is 2. The van der Waals surface area contributed by atoms with Crippen LogP contribution >= 0.6 is 0 Å². The van der Waals surface area contributed by atoms with Gasteiger partial charge in [-0.2, -0.15) is 0 Å². The zero-order valence-corrected chi connectivity index (χ0v) is 14.2. The van der Waals surface area contributed by atoms with Crippen LogP contribution in [0, 0.1) is 11.6 Å². The van der Waals surface area contributed by atoms with Crippen molar-refractivity contribution in [2.75, 3.05) is 11.1 Å². The van der Waals surface area contributed by atoms with Crippen molar-refractivity contribution in [3.05, 3.63) is 53.6 Å². The molecule has 0 atom stereocenters. The maximum absolute atomic E-state index is 13.5. The highest BCUT2D eigenvalue weighted by Gasteiger charge is 2.15. The molecule has 0 radical (unpaired) electrons. The highest BCUT2D eigenvalue weighted by atomic mass is 32.2. The van der Waals surface area contributed by atoms with Crippen molar-refractivity contribution < 1.29 is 27.1 Å². The van der Waals surface area contributed by atoms with E-state index in [9.17, 15) is 27.1 Å². The lowest BCUT2D eigenvalue weighted by molar-refractivity contribution is -0.116. The van der Waals surface area contributed by atoms with Gasteiger partial charge in [-0.05, 0) is 48.4 Å². The third-order valence-corrected chi connectivity index (χ3v) is 5.34. The van der Waals surface area contributed by atoms with Crippen molar-refractivity contribution in [2.45, 2.75) is 24.7 Å². The van der Waals surface area contributed by atoms with Gasteiger partial charge in [0, 0.05) is 6.42 Å². The molecule has 2 aromatic carbocycles. The first kappa shape index (κ1) is 18.9. The Hall–Kier alpha value is -2.48. The molecule has 0 fully saturated rings. The number of rotatable bonds is 6. The smallest absolute Gasteiger partial charge is 0.224 e. The van der Waals surface area contributed by atoms with Crippen LogP contribution in [0.1, 0.15) is 18.9 Å². The van der Waals surface area contributed by atoms with E-state index in [0.717, 1.165) is 24.3 Å². The monoisotopic (exact) mass is 369 g/mol. The van der Waals surface area contributed by atoms with E-state index in [1.807, 2.05) is 0 Å². The summed E-state index contributed by atoms with van der Waals surface area (Å²) in [5.74, 6) is -2.20. The lowest BCUT2D eigenvalue weighted by Crippen LogP contribution is -2.13. The Bertz CT molecular complexity index is 898. The number of carbonyl (C=O) groups is 1. The molecular formula is C17H17F2NO4S. The Morgan fingerprint density at radius 3 is 2.56 bits per heavy atom. The van der Waals surface area contributed by atoms with Crippen LogP contribution in [-0.4, -0.2) is 25.2 Å². The Morgan fingerprint density at radius 2 is 1.88 bits per heavy atom. The predicted octanol–water partition coefficient (Wildman–Crippen LogP) is 3.04. The zero-order valence-electron chi connectivity index (χ0n) is 13.4. The number of phenolic OH excluding ortho intramolecular Hbond substituents is 1. The van der Waals surface area contributed by atoms with Gasteiger partial charge in [0.1, 0.15) is 17.4 Å². The van der Waals surface area contributed by atoms with Crippen LogP contribution in [0.2, 0.25) is 0 Å². The summed E-state index contributed by atoms with van der Waals surface area (Å²) >= 11 is 0. The SMILES string of the molecule is CCS(=O)(=O)c1ccc(O)c(NC(=O)CCc2cc(F)ccc2F)c1. The molecule has 2 N–H and O–H groups in total. The number of aryl methyl sites for hydroxylation is 1. The van der Waals surface area contributed by atoms with Crippen LogP contribution in [-0.2, 0) is 21.1 Å². The fourth-order valence-corrected chi connectivity index (χ4v) is 3.08. The fourth-order valence-electron chi connectivity index (χ4n) is 2.17. The molecule has 0 unspecified atom stereocenters. The molecule has 0 heterocycles. The van der Waals surface area contributed by atoms with Crippen LogP contribution in [0.4, 0.5) is 14.5 Å². The van der Waals surface area contributed by atoms with Gasteiger partial charge >= 0.3 is 0 Å².